The van der Waals surface area contributed by atoms with Crippen molar-refractivity contribution in [1.82, 2.24) is 5.32 Å². The Labute approximate surface area is 112 Å². The van der Waals surface area contributed by atoms with Crippen molar-refractivity contribution in [2.24, 2.45) is 0 Å². The first kappa shape index (κ1) is 15.9. The van der Waals surface area contributed by atoms with E-state index in [1.807, 2.05) is 5.32 Å². The number of amides is 1. The van der Waals surface area contributed by atoms with E-state index in [2.05, 4.69) is 5.32 Å². The topological polar surface area (TPSA) is 84.3 Å². The summed E-state index contributed by atoms with van der Waals surface area (Å²) in [6.45, 7) is -0.259. The number of hydrogen-bond donors (Lipinski definition) is 2. The van der Waals surface area contributed by atoms with Crippen LogP contribution in [0.3, 0.4) is 0 Å². The minimum Gasteiger partial charge on any atom is -0.319 e. The minimum absolute atomic E-state index is 0.0561. The van der Waals surface area contributed by atoms with E-state index >= 15 is 0 Å². The second kappa shape index (κ2) is 6.33. The Bertz CT molecular complexity index is 517. The summed E-state index contributed by atoms with van der Waals surface area (Å²) in [7, 11) is 0. The number of rotatable bonds is 5. The molecule has 0 spiro atoms. The van der Waals surface area contributed by atoms with Crippen LogP contribution in [0.5, 0.6) is 0 Å². The summed E-state index contributed by atoms with van der Waals surface area (Å²) in [6, 6.07) is 4.14. The number of nitrogens with zero attached hydrogens (tertiary/aromatic N) is 1. The summed E-state index contributed by atoms with van der Waals surface area (Å²) in [5.74, 6) is -0.791. The fourth-order valence-corrected chi connectivity index (χ4v) is 1.41. The Hall–Kier alpha value is -2.16. The largest absolute Gasteiger partial charge is 0.401 e. The molecule has 1 aromatic carbocycles. The number of benzene rings is 1. The SMILES string of the molecule is Cc1ccc(NC(=O)CNCC(F)(F)F)c([N+](=O)[O-])c1. The normalized spacial score (nSPS) is 11.2. The van der Waals surface area contributed by atoms with Crippen molar-refractivity contribution in [2.45, 2.75) is 13.1 Å². The average molecular weight is 291 g/mol. The number of carbonyl (C=O) groups is 1. The quantitative estimate of drug-likeness (QED) is 0.642. The molecule has 0 heterocycles. The van der Waals surface area contributed by atoms with Gasteiger partial charge in [-0.2, -0.15) is 13.2 Å². The Morgan fingerprint density at radius 1 is 1.40 bits per heavy atom. The van der Waals surface area contributed by atoms with Gasteiger partial charge in [0.25, 0.3) is 5.69 Å². The molecule has 1 amide bonds. The number of hydrogen-bond acceptors (Lipinski definition) is 4. The lowest BCUT2D eigenvalue weighted by molar-refractivity contribution is -0.384. The van der Waals surface area contributed by atoms with E-state index in [1.165, 1.54) is 12.1 Å². The lowest BCUT2D eigenvalue weighted by Crippen LogP contribution is -2.35. The maximum atomic E-state index is 11.9. The van der Waals surface area contributed by atoms with Gasteiger partial charge in [-0.1, -0.05) is 6.07 Å². The molecule has 0 aliphatic rings. The van der Waals surface area contributed by atoms with Crippen LogP contribution in [-0.4, -0.2) is 30.1 Å². The Morgan fingerprint density at radius 3 is 2.60 bits per heavy atom. The number of anilines is 1. The number of nitrogens with one attached hydrogen (secondary N) is 2. The third-order valence-corrected chi connectivity index (χ3v) is 2.24. The van der Waals surface area contributed by atoms with Crippen molar-refractivity contribution in [3.8, 4) is 0 Å². The molecule has 1 aromatic rings. The molecule has 0 saturated carbocycles. The van der Waals surface area contributed by atoms with E-state index in [0.29, 0.717) is 5.56 Å². The fourth-order valence-electron chi connectivity index (χ4n) is 1.41. The first-order chi connectivity index (χ1) is 9.19. The van der Waals surface area contributed by atoms with Crippen LogP contribution in [0, 0.1) is 17.0 Å². The van der Waals surface area contributed by atoms with Crippen LogP contribution in [0.2, 0.25) is 0 Å². The highest BCUT2D eigenvalue weighted by Crippen LogP contribution is 2.25. The Balaban J connectivity index is 2.64. The molecule has 0 fully saturated rings. The molecule has 0 aliphatic carbocycles. The highest BCUT2D eigenvalue weighted by Gasteiger charge is 2.26. The van der Waals surface area contributed by atoms with E-state index in [-0.39, 0.29) is 11.4 Å². The van der Waals surface area contributed by atoms with Crippen LogP contribution < -0.4 is 10.6 Å². The number of nitro benzene ring substituents is 1. The number of carbonyl (C=O) groups excluding carboxylic acids is 1. The fraction of sp³-hybridized carbons (Fsp3) is 0.364. The van der Waals surface area contributed by atoms with Crippen molar-refractivity contribution in [3.63, 3.8) is 0 Å². The summed E-state index contributed by atoms with van der Waals surface area (Å²) in [5.41, 5.74) is 0.262. The second-order valence-corrected chi connectivity index (χ2v) is 4.04. The molecule has 0 aromatic heterocycles. The maximum Gasteiger partial charge on any atom is 0.401 e. The standard InChI is InChI=1S/C11H12F3N3O3/c1-7-2-3-8(9(4-7)17(19)20)16-10(18)5-15-6-11(12,13)14/h2-4,15H,5-6H2,1H3,(H,16,18). The minimum atomic E-state index is -4.42. The molecule has 9 heteroatoms. The first-order valence-corrected chi connectivity index (χ1v) is 5.51. The summed E-state index contributed by atoms with van der Waals surface area (Å²) in [5, 5.41) is 14.9. The van der Waals surface area contributed by atoms with Gasteiger partial charge in [0.2, 0.25) is 5.91 Å². The average Bonchev–Trinajstić information content (AvgIpc) is 2.29. The second-order valence-electron chi connectivity index (χ2n) is 4.04. The van der Waals surface area contributed by atoms with Crippen molar-refractivity contribution in [1.29, 1.82) is 0 Å². The smallest absolute Gasteiger partial charge is 0.319 e. The molecule has 0 unspecified atom stereocenters. The Kier molecular flexibility index (Phi) is 5.03. The summed E-state index contributed by atoms with van der Waals surface area (Å²) in [6.07, 6.45) is -4.42. The molecule has 2 N–H and O–H groups in total. The molecule has 1 rings (SSSR count). The molecule has 0 aliphatic heterocycles. The third kappa shape index (κ3) is 5.22. The number of nitro groups is 1. The zero-order chi connectivity index (χ0) is 15.3. The van der Waals surface area contributed by atoms with Crippen LogP contribution in [0.4, 0.5) is 24.5 Å². The molecule has 0 radical (unpaired) electrons. The molecular weight excluding hydrogens is 279 g/mol. The van der Waals surface area contributed by atoms with E-state index in [4.69, 9.17) is 0 Å². The zero-order valence-electron chi connectivity index (χ0n) is 10.5. The van der Waals surface area contributed by atoms with Gasteiger partial charge in [0.1, 0.15) is 5.69 Å². The van der Waals surface area contributed by atoms with Crippen molar-refractivity contribution >= 4 is 17.3 Å². The van der Waals surface area contributed by atoms with Crippen LogP contribution in [0.15, 0.2) is 18.2 Å². The van der Waals surface area contributed by atoms with Gasteiger partial charge in [-0.05, 0) is 18.6 Å². The van der Waals surface area contributed by atoms with Gasteiger partial charge in [0.15, 0.2) is 0 Å². The zero-order valence-corrected chi connectivity index (χ0v) is 10.5. The molecule has 6 nitrogen and oxygen atoms in total. The monoisotopic (exact) mass is 291 g/mol. The molecule has 20 heavy (non-hydrogen) atoms. The predicted molar refractivity (Wildman–Crippen MR) is 65.4 cm³/mol. The summed E-state index contributed by atoms with van der Waals surface area (Å²) in [4.78, 5) is 21.5. The van der Waals surface area contributed by atoms with Gasteiger partial charge < -0.3 is 10.6 Å². The lowest BCUT2D eigenvalue weighted by atomic mass is 10.2. The molecular formula is C11H12F3N3O3. The molecule has 0 saturated heterocycles. The number of halogens is 3. The van der Waals surface area contributed by atoms with Gasteiger partial charge in [-0.3, -0.25) is 14.9 Å². The van der Waals surface area contributed by atoms with Gasteiger partial charge in [-0.25, -0.2) is 0 Å². The van der Waals surface area contributed by atoms with Gasteiger partial charge in [0.05, 0.1) is 18.0 Å². The van der Waals surface area contributed by atoms with Crippen LogP contribution in [0.1, 0.15) is 5.56 Å². The van der Waals surface area contributed by atoms with Crippen LogP contribution in [-0.2, 0) is 4.79 Å². The molecule has 110 valence electrons. The van der Waals surface area contributed by atoms with Crippen molar-refractivity contribution in [2.75, 3.05) is 18.4 Å². The highest BCUT2D eigenvalue weighted by molar-refractivity contribution is 5.94. The van der Waals surface area contributed by atoms with Gasteiger partial charge in [0, 0.05) is 6.07 Å². The third-order valence-electron chi connectivity index (χ3n) is 2.24. The van der Waals surface area contributed by atoms with Gasteiger partial charge >= 0.3 is 6.18 Å². The molecule has 0 bridgehead atoms. The van der Waals surface area contributed by atoms with E-state index in [1.54, 1.807) is 13.0 Å². The summed E-state index contributed by atoms with van der Waals surface area (Å²) < 4.78 is 35.6. The summed E-state index contributed by atoms with van der Waals surface area (Å²) >= 11 is 0. The van der Waals surface area contributed by atoms with Crippen LogP contribution >= 0.6 is 0 Å². The predicted octanol–water partition coefficient (Wildman–Crippen LogP) is 1.99. The van der Waals surface area contributed by atoms with Gasteiger partial charge in [-0.15, -0.1) is 0 Å². The lowest BCUT2D eigenvalue weighted by Gasteiger charge is -2.09. The number of alkyl halides is 3. The van der Waals surface area contributed by atoms with Crippen molar-refractivity contribution in [3.05, 3.63) is 33.9 Å². The van der Waals surface area contributed by atoms with E-state index in [9.17, 15) is 28.1 Å². The van der Waals surface area contributed by atoms with E-state index < -0.39 is 30.1 Å². The highest BCUT2D eigenvalue weighted by atomic mass is 19.4. The number of aryl methyl sites for hydroxylation is 1. The van der Waals surface area contributed by atoms with E-state index in [0.717, 1.165) is 0 Å². The first-order valence-electron chi connectivity index (χ1n) is 5.51. The van der Waals surface area contributed by atoms with Crippen molar-refractivity contribution < 1.29 is 22.9 Å². The van der Waals surface area contributed by atoms with Crippen LogP contribution in [0.25, 0.3) is 0 Å². The maximum absolute atomic E-state index is 11.9. The Morgan fingerprint density at radius 2 is 2.05 bits per heavy atom. The molecule has 0 atom stereocenters.